The van der Waals surface area contributed by atoms with Crippen LogP contribution in [0.3, 0.4) is 0 Å². The third-order valence-corrected chi connectivity index (χ3v) is 3.21. The van der Waals surface area contributed by atoms with Crippen molar-refractivity contribution in [3.63, 3.8) is 0 Å². The van der Waals surface area contributed by atoms with Gasteiger partial charge in [0.2, 0.25) is 0 Å². The fourth-order valence-electron chi connectivity index (χ4n) is 1.52. The first-order chi connectivity index (χ1) is 6.33. The lowest BCUT2D eigenvalue weighted by Gasteiger charge is -2.16. The molecule has 68 valence electrons. The largest absolute Gasteiger partial charge is 0.392 e. The van der Waals surface area contributed by atoms with Gasteiger partial charge in [-0.25, -0.2) is 0 Å². The average molecular weight is 194 g/mol. The van der Waals surface area contributed by atoms with Gasteiger partial charge < -0.3 is 5.11 Å². The van der Waals surface area contributed by atoms with Crippen molar-refractivity contribution in [3.8, 4) is 0 Å². The van der Waals surface area contributed by atoms with E-state index in [-0.39, 0.29) is 12.4 Å². The highest BCUT2D eigenvalue weighted by Gasteiger charge is 2.20. The number of aliphatic hydroxyl groups is 1. The molecule has 0 aromatic heterocycles. The van der Waals surface area contributed by atoms with E-state index in [0.717, 1.165) is 21.8 Å². The smallest absolute Gasteiger partial charge is 0.165 e. The molecule has 0 unspecified atom stereocenters. The number of thioether (sulfide) groups is 1. The summed E-state index contributed by atoms with van der Waals surface area (Å²) in [6.07, 6.45) is 0.592. The summed E-state index contributed by atoms with van der Waals surface area (Å²) in [5.41, 5.74) is 1.50. The minimum Gasteiger partial charge on any atom is -0.392 e. The average Bonchev–Trinajstić information content (AvgIpc) is 2.17. The predicted octanol–water partition coefficient (Wildman–Crippen LogP) is 1.86. The number of Topliss-reactive ketones (excluding diaryl/α,β-unsaturated/α-hetero) is 1. The van der Waals surface area contributed by atoms with Crippen molar-refractivity contribution in [2.45, 2.75) is 17.9 Å². The van der Waals surface area contributed by atoms with Crippen molar-refractivity contribution in [3.05, 3.63) is 29.3 Å². The molecule has 2 rings (SSSR count). The van der Waals surface area contributed by atoms with Crippen LogP contribution in [0.1, 0.15) is 22.3 Å². The fourth-order valence-corrected chi connectivity index (χ4v) is 2.60. The Bertz CT molecular complexity index is 333. The van der Waals surface area contributed by atoms with Gasteiger partial charge in [-0.3, -0.25) is 4.79 Å². The van der Waals surface area contributed by atoms with E-state index in [1.54, 1.807) is 11.8 Å². The Labute approximate surface area is 81.0 Å². The van der Waals surface area contributed by atoms with Crippen LogP contribution in [-0.2, 0) is 6.61 Å². The van der Waals surface area contributed by atoms with Crippen LogP contribution in [0.5, 0.6) is 0 Å². The fraction of sp³-hybridized carbons (Fsp3) is 0.300. The van der Waals surface area contributed by atoms with Gasteiger partial charge in [-0.1, -0.05) is 12.1 Å². The minimum absolute atomic E-state index is 0.0462. The highest BCUT2D eigenvalue weighted by Crippen LogP contribution is 2.31. The molecule has 13 heavy (non-hydrogen) atoms. The molecule has 0 saturated carbocycles. The number of hydrogen-bond donors (Lipinski definition) is 1. The molecule has 0 atom stereocenters. The van der Waals surface area contributed by atoms with E-state index in [2.05, 4.69) is 0 Å². The zero-order valence-electron chi connectivity index (χ0n) is 7.12. The van der Waals surface area contributed by atoms with Gasteiger partial charge in [0.1, 0.15) is 0 Å². The minimum atomic E-state index is -0.0462. The molecular weight excluding hydrogens is 184 g/mol. The second kappa shape index (κ2) is 3.52. The van der Waals surface area contributed by atoms with E-state index in [0.29, 0.717) is 6.42 Å². The molecule has 0 saturated heterocycles. The predicted molar refractivity (Wildman–Crippen MR) is 52.0 cm³/mol. The van der Waals surface area contributed by atoms with Crippen molar-refractivity contribution in [2.24, 2.45) is 0 Å². The first kappa shape index (κ1) is 8.78. The van der Waals surface area contributed by atoms with Gasteiger partial charge in [0.15, 0.2) is 5.78 Å². The number of aliphatic hydroxyl groups excluding tert-OH is 1. The summed E-state index contributed by atoms with van der Waals surface area (Å²) in [5, 5.41) is 9.05. The van der Waals surface area contributed by atoms with Crippen LogP contribution in [0, 0.1) is 0 Å². The van der Waals surface area contributed by atoms with E-state index < -0.39 is 0 Å². The van der Waals surface area contributed by atoms with Crippen LogP contribution in [0.15, 0.2) is 23.1 Å². The summed E-state index contributed by atoms with van der Waals surface area (Å²) in [6, 6.07) is 5.63. The molecule has 0 spiro atoms. The molecular formula is C10H10O2S. The Balaban J connectivity index is 2.56. The Morgan fingerprint density at radius 2 is 2.31 bits per heavy atom. The molecule has 1 aromatic carbocycles. The van der Waals surface area contributed by atoms with E-state index in [9.17, 15) is 4.79 Å². The molecule has 0 fully saturated rings. The summed E-state index contributed by atoms with van der Waals surface area (Å²) in [7, 11) is 0. The maximum absolute atomic E-state index is 11.5. The van der Waals surface area contributed by atoms with Crippen LogP contribution in [-0.4, -0.2) is 16.6 Å². The van der Waals surface area contributed by atoms with Crippen LogP contribution < -0.4 is 0 Å². The van der Waals surface area contributed by atoms with Gasteiger partial charge in [0.25, 0.3) is 0 Å². The third-order valence-electron chi connectivity index (χ3n) is 2.15. The summed E-state index contributed by atoms with van der Waals surface area (Å²) < 4.78 is 0. The normalized spacial score (nSPS) is 15.6. The SMILES string of the molecule is O=C1CCSc2cccc(CO)c21. The molecule has 1 N–H and O–H groups in total. The zero-order valence-corrected chi connectivity index (χ0v) is 7.93. The standard InChI is InChI=1S/C10H10O2S/c11-6-7-2-1-3-9-10(7)8(12)4-5-13-9/h1-3,11H,4-6H2. The van der Waals surface area contributed by atoms with Gasteiger partial charge in [-0.15, -0.1) is 11.8 Å². The molecule has 3 heteroatoms. The number of hydrogen-bond acceptors (Lipinski definition) is 3. The number of carbonyl (C=O) groups is 1. The maximum atomic E-state index is 11.5. The lowest BCUT2D eigenvalue weighted by atomic mass is 10.0. The van der Waals surface area contributed by atoms with Crippen molar-refractivity contribution >= 4 is 17.5 Å². The molecule has 0 bridgehead atoms. The number of benzene rings is 1. The zero-order chi connectivity index (χ0) is 9.26. The Kier molecular flexibility index (Phi) is 2.38. The summed E-state index contributed by atoms with van der Waals surface area (Å²) in [4.78, 5) is 12.6. The first-order valence-corrected chi connectivity index (χ1v) is 5.20. The Morgan fingerprint density at radius 1 is 1.46 bits per heavy atom. The molecule has 0 amide bonds. The number of carbonyl (C=O) groups excluding carboxylic acids is 1. The van der Waals surface area contributed by atoms with Gasteiger partial charge in [0.05, 0.1) is 6.61 Å². The third kappa shape index (κ3) is 1.49. The highest BCUT2D eigenvalue weighted by atomic mass is 32.2. The van der Waals surface area contributed by atoms with Crippen molar-refractivity contribution < 1.29 is 9.90 Å². The van der Waals surface area contributed by atoms with E-state index in [1.807, 2.05) is 18.2 Å². The van der Waals surface area contributed by atoms with Crippen LogP contribution >= 0.6 is 11.8 Å². The quantitative estimate of drug-likeness (QED) is 0.741. The molecule has 1 aliphatic rings. The number of ketones is 1. The maximum Gasteiger partial charge on any atom is 0.165 e. The second-order valence-corrected chi connectivity index (χ2v) is 4.11. The second-order valence-electron chi connectivity index (χ2n) is 2.97. The van der Waals surface area contributed by atoms with Crippen molar-refractivity contribution in [1.29, 1.82) is 0 Å². The topological polar surface area (TPSA) is 37.3 Å². The molecule has 2 nitrogen and oxygen atoms in total. The van der Waals surface area contributed by atoms with Crippen LogP contribution in [0.2, 0.25) is 0 Å². The van der Waals surface area contributed by atoms with Crippen molar-refractivity contribution in [1.82, 2.24) is 0 Å². The molecule has 1 aliphatic heterocycles. The number of rotatable bonds is 1. The molecule has 0 radical (unpaired) electrons. The Morgan fingerprint density at radius 3 is 3.08 bits per heavy atom. The summed E-state index contributed by atoms with van der Waals surface area (Å²) in [6.45, 7) is -0.0462. The summed E-state index contributed by atoms with van der Waals surface area (Å²) >= 11 is 1.69. The lowest BCUT2D eigenvalue weighted by Crippen LogP contribution is -2.11. The van der Waals surface area contributed by atoms with Gasteiger partial charge >= 0.3 is 0 Å². The van der Waals surface area contributed by atoms with Crippen LogP contribution in [0.4, 0.5) is 0 Å². The van der Waals surface area contributed by atoms with Gasteiger partial charge in [0, 0.05) is 22.6 Å². The van der Waals surface area contributed by atoms with E-state index in [1.165, 1.54) is 0 Å². The first-order valence-electron chi connectivity index (χ1n) is 4.21. The molecule has 1 heterocycles. The van der Waals surface area contributed by atoms with Crippen LogP contribution in [0.25, 0.3) is 0 Å². The number of fused-ring (bicyclic) bond motifs is 1. The molecule has 1 aromatic rings. The summed E-state index contributed by atoms with van der Waals surface area (Å²) in [5.74, 6) is 1.03. The molecule has 0 aliphatic carbocycles. The monoisotopic (exact) mass is 194 g/mol. The Hall–Kier alpha value is -0.800. The van der Waals surface area contributed by atoms with Gasteiger partial charge in [-0.05, 0) is 11.6 Å². The van der Waals surface area contributed by atoms with Gasteiger partial charge in [-0.2, -0.15) is 0 Å². The van der Waals surface area contributed by atoms with Crippen molar-refractivity contribution in [2.75, 3.05) is 5.75 Å². The van der Waals surface area contributed by atoms with E-state index >= 15 is 0 Å². The van der Waals surface area contributed by atoms with E-state index in [4.69, 9.17) is 5.11 Å². The lowest BCUT2D eigenvalue weighted by molar-refractivity contribution is 0.0981. The highest BCUT2D eigenvalue weighted by molar-refractivity contribution is 7.99.